The molecule has 0 aliphatic rings. The van der Waals surface area contributed by atoms with Gasteiger partial charge in [0.15, 0.2) is 0 Å². The third kappa shape index (κ3) is 1.76. The fourth-order valence-corrected chi connectivity index (χ4v) is 1.60. The SMILES string of the molecule is Cc1cnccc1C(O)c1ccnn1C. The topological polar surface area (TPSA) is 50.9 Å². The number of hydrogen-bond acceptors (Lipinski definition) is 3. The Kier molecular flexibility index (Phi) is 2.51. The number of aliphatic hydroxyl groups is 1. The third-order valence-corrected chi connectivity index (χ3v) is 2.50. The van der Waals surface area contributed by atoms with Crippen molar-refractivity contribution in [3.63, 3.8) is 0 Å². The van der Waals surface area contributed by atoms with Gasteiger partial charge in [-0.05, 0) is 30.2 Å². The highest BCUT2D eigenvalue weighted by Gasteiger charge is 2.15. The molecule has 0 saturated heterocycles. The molecule has 0 fully saturated rings. The highest BCUT2D eigenvalue weighted by Crippen LogP contribution is 2.22. The first-order valence-electron chi connectivity index (χ1n) is 4.76. The molecule has 4 nitrogen and oxygen atoms in total. The average molecular weight is 203 g/mol. The molecule has 15 heavy (non-hydrogen) atoms. The van der Waals surface area contributed by atoms with Crippen molar-refractivity contribution in [1.82, 2.24) is 14.8 Å². The number of aryl methyl sites for hydroxylation is 2. The van der Waals surface area contributed by atoms with E-state index in [1.807, 2.05) is 26.1 Å². The van der Waals surface area contributed by atoms with Crippen molar-refractivity contribution < 1.29 is 5.11 Å². The lowest BCUT2D eigenvalue weighted by atomic mass is 10.0. The molecule has 4 heteroatoms. The van der Waals surface area contributed by atoms with Gasteiger partial charge in [-0.1, -0.05) is 0 Å². The van der Waals surface area contributed by atoms with Gasteiger partial charge in [0.05, 0.1) is 5.69 Å². The van der Waals surface area contributed by atoms with Crippen LogP contribution in [-0.4, -0.2) is 19.9 Å². The average Bonchev–Trinajstić information content (AvgIpc) is 2.64. The van der Waals surface area contributed by atoms with Gasteiger partial charge in [-0.2, -0.15) is 5.10 Å². The highest BCUT2D eigenvalue weighted by atomic mass is 16.3. The Morgan fingerprint density at radius 3 is 2.73 bits per heavy atom. The van der Waals surface area contributed by atoms with Gasteiger partial charge in [0.1, 0.15) is 6.10 Å². The van der Waals surface area contributed by atoms with Crippen LogP contribution in [0.5, 0.6) is 0 Å². The van der Waals surface area contributed by atoms with Crippen LogP contribution >= 0.6 is 0 Å². The zero-order chi connectivity index (χ0) is 10.8. The summed E-state index contributed by atoms with van der Waals surface area (Å²) in [6.07, 6.45) is 4.46. The third-order valence-electron chi connectivity index (χ3n) is 2.50. The van der Waals surface area contributed by atoms with Gasteiger partial charge in [0.25, 0.3) is 0 Å². The van der Waals surface area contributed by atoms with Crippen LogP contribution < -0.4 is 0 Å². The molecular weight excluding hydrogens is 190 g/mol. The van der Waals surface area contributed by atoms with Gasteiger partial charge in [-0.3, -0.25) is 9.67 Å². The number of nitrogens with zero attached hydrogens (tertiary/aromatic N) is 3. The summed E-state index contributed by atoms with van der Waals surface area (Å²) in [6.45, 7) is 1.93. The number of aromatic nitrogens is 3. The van der Waals surface area contributed by atoms with E-state index in [9.17, 15) is 5.11 Å². The molecule has 2 aromatic heterocycles. The van der Waals surface area contributed by atoms with E-state index in [-0.39, 0.29) is 0 Å². The lowest BCUT2D eigenvalue weighted by molar-refractivity contribution is 0.209. The normalized spacial score (nSPS) is 12.7. The Balaban J connectivity index is 2.41. The van der Waals surface area contributed by atoms with Crippen molar-refractivity contribution in [2.75, 3.05) is 0 Å². The first-order valence-corrected chi connectivity index (χ1v) is 4.76. The molecule has 2 heterocycles. The second-order valence-electron chi connectivity index (χ2n) is 3.51. The van der Waals surface area contributed by atoms with Crippen molar-refractivity contribution in [3.8, 4) is 0 Å². The Labute approximate surface area is 88.2 Å². The Bertz CT molecular complexity index is 464. The molecule has 0 amide bonds. The minimum Gasteiger partial charge on any atom is -0.382 e. The maximum Gasteiger partial charge on any atom is 0.121 e. The molecular formula is C11H13N3O. The highest BCUT2D eigenvalue weighted by molar-refractivity contribution is 5.29. The van der Waals surface area contributed by atoms with Gasteiger partial charge < -0.3 is 5.11 Å². The lowest BCUT2D eigenvalue weighted by Crippen LogP contribution is -2.08. The fraction of sp³-hybridized carbons (Fsp3) is 0.273. The van der Waals surface area contributed by atoms with Crippen molar-refractivity contribution in [3.05, 3.63) is 47.5 Å². The zero-order valence-corrected chi connectivity index (χ0v) is 8.75. The molecule has 0 saturated carbocycles. The monoisotopic (exact) mass is 203 g/mol. The standard InChI is InChI=1S/C11H13N3O/c1-8-7-12-5-3-9(8)11(15)10-4-6-13-14(10)2/h3-7,11,15H,1-2H3. The van der Waals surface area contributed by atoms with Crippen LogP contribution in [0.3, 0.4) is 0 Å². The van der Waals surface area contributed by atoms with Gasteiger partial charge in [0, 0.05) is 25.6 Å². The molecule has 0 aliphatic heterocycles. The summed E-state index contributed by atoms with van der Waals surface area (Å²) in [5, 5.41) is 14.2. The zero-order valence-electron chi connectivity index (χ0n) is 8.75. The summed E-state index contributed by atoms with van der Waals surface area (Å²) in [4.78, 5) is 4.00. The van der Waals surface area contributed by atoms with E-state index in [1.54, 1.807) is 23.3 Å². The Hall–Kier alpha value is -1.68. The van der Waals surface area contributed by atoms with E-state index < -0.39 is 6.10 Å². The summed E-state index contributed by atoms with van der Waals surface area (Å²) in [7, 11) is 1.81. The van der Waals surface area contributed by atoms with Crippen LogP contribution in [0.1, 0.15) is 22.9 Å². The summed E-state index contributed by atoms with van der Waals surface area (Å²) in [6, 6.07) is 3.64. The molecule has 2 rings (SSSR count). The predicted octanol–water partition coefficient (Wildman–Crippen LogP) is 1.21. The van der Waals surface area contributed by atoms with Crippen LogP contribution in [0.15, 0.2) is 30.7 Å². The second-order valence-corrected chi connectivity index (χ2v) is 3.51. The quantitative estimate of drug-likeness (QED) is 0.798. The molecule has 78 valence electrons. The molecule has 2 aromatic rings. The Morgan fingerprint density at radius 1 is 1.33 bits per heavy atom. The van der Waals surface area contributed by atoms with Gasteiger partial charge in [-0.25, -0.2) is 0 Å². The summed E-state index contributed by atoms with van der Waals surface area (Å²) in [5.74, 6) is 0. The predicted molar refractivity (Wildman–Crippen MR) is 56.2 cm³/mol. The van der Waals surface area contributed by atoms with E-state index >= 15 is 0 Å². The van der Waals surface area contributed by atoms with Gasteiger partial charge >= 0.3 is 0 Å². The van der Waals surface area contributed by atoms with E-state index in [4.69, 9.17) is 0 Å². The number of pyridine rings is 1. The molecule has 0 radical (unpaired) electrons. The summed E-state index contributed by atoms with van der Waals surface area (Å²) < 4.78 is 1.67. The summed E-state index contributed by atoms with van der Waals surface area (Å²) >= 11 is 0. The van der Waals surface area contributed by atoms with Gasteiger partial charge in [-0.15, -0.1) is 0 Å². The van der Waals surface area contributed by atoms with E-state index in [0.717, 1.165) is 16.8 Å². The maximum atomic E-state index is 10.2. The van der Waals surface area contributed by atoms with Gasteiger partial charge in [0.2, 0.25) is 0 Å². The van der Waals surface area contributed by atoms with E-state index in [1.165, 1.54) is 0 Å². The fourth-order valence-electron chi connectivity index (χ4n) is 1.60. The van der Waals surface area contributed by atoms with Crippen LogP contribution in [-0.2, 0) is 7.05 Å². The molecule has 0 aliphatic carbocycles. The minimum absolute atomic E-state index is 0.638. The molecule has 1 unspecified atom stereocenters. The van der Waals surface area contributed by atoms with E-state index in [0.29, 0.717) is 0 Å². The Morgan fingerprint density at radius 2 is 2.13 bits per heavy atom. The van der Waals surface area contributed by atoms with Crippen LogP contribution in [0.25, 0.3) is 0 Å². The molecule has 0 aromatic carbocycles. The largest absolute Gasteiger partial charge is 0.382 e. The van der Waals surface area contributed by atoms with Crippen LogP contribution in [0.4, 0.5) is 0 Å². The number of aliphatic hydroxyl groups excluding tert-OH is 1. The first kappa shape index (κ1) is 9.86. The van der Waals surface area contributed by atoms with Crippen molar-refractivity contribution >= 4 is 0 Å². The molecule has 0 spiro atoms. The number of hydrogen-bond donors (Lipinski definition) is 1. The first-order chi connectivity index (χ1) is 7.20. The van der Waals surface area contributed by atoms with Crippen LogP contribution in [0.2, 0.25) is 0 Å². The molecule has 0 bridgehead atoms. The maximum absolute atomic E-state index is 10.2. The molecule has 1 N–H and O–H groups in total. The lowest BCUT2D eigenvalue weighted by Gasteiger charge is -2.13. The summed E-state index contributed by atoms with van der Waals surface area (Å²) in [5.41, 5.74) is 2.63. The van der Waals surface area contributed by atoms with Crippen molar-refractivity contribution in [2.24, 2.45) is 7.05 Å². The molecule has 1 atom stereocenters. The van der Waals surface area contributed by atoms with Crippen molar-refractivity contribution in [1.29, 1.82) is 0 Å². The smallest absolute Gasteiger partial charge is 0.121 e. The number of rotatable bonds is 2. The van der Waals surface area contributed by atoms with Crippen molar-refractivity contribution in [2.45, 2.75) is 13.0 Å². The van der Waals surface area contributed by atoms with E-state index in [2.05, 4.69) is 10.1 Å². The minimum atomic E-state index is -0.638. The van der Waals surface area contributed by atoms with Crippen LogP contribution in [0, 0.1) is 6.92 Å². The second kappa shape index (κ2) is 3.82.